The summed E-state index contributed by atoms with van der Waals surface area (Å²) in [5.41, 5.74) is 3.07. The van der Waals surface area contributed by atoms with Crippen LogP contribution in [0.25, 0.3) is 11.3 Å². The number of thiazole rings is 1. The number of nitrogens with one attached hydrogen (secondary N) is 2. The summed E-state index contributed by atoms with van der Waals surface area (Å²) in [6.45, 7) is 1.60. The van der Waals surface area contributed by atoms with Gasteiger partial charge in [-0.25, -0.2) is 4.98 Å². The largest absolute Gasteiger partial charge is 0.480 e. The van der Waals surface area contributed by atoms with Gasteiger partial charge in [0.2, 0.25) is 0 Å². The van der Waals surface area contributed by atoms with Crippen molar-refractivity contribution in [2.24, 2.45) is 0 Å². The summed E-state index contributed by atoms with van der Waals surface area (Å²) in [4.78, 5) is 28.3. The Hall–Kier alpha value is -3.19. The summed E-state index contributed by atoms with van der Waals surface area (Å²) in [6, 6.07) is 16.8. The Morgan fingerprint density at radius 3 is 2.62 bits per heavy atom. The lowest BCUT2D eigenvalue weighted by atomic mass is 10.1. The van der Waals surface area contributed by atoms with Crippen molar-refractivity contribution >= 4 is 34.0 Å². The van der Waals surface area contributed by atoms with Gasteiger partial charge in [-0.15, -0.1) is 11.3 Å². The molecule has 0 aliphatic rings. The number of anilines is 2. The normalized spacial score (nSPS) is 10.3. The van der Waals surface area contributed by atoms with E-state index in [-0.39, 0.29) is 0 Å². The van der Waals surface area contributed by atoms with Gasteiger partial charge < -0.3 is 15.7 Å². The van der Waals surface area contributed by atoms with Crippen molar-refractivity contribution in [1.29, 1.82) is 0 Å². The minimum atomic E-state index is -1.08. The molecule has 3 N–H and O–H groups in total. The first-order chi connectivity index (χ1) is 12.5. The Bertz CT molecular complexity index is 938. The monoisotopic (exact) mass is 367 g/mol. The van der Waals surface area contributed by atoms with Crippen LogP contribution in [0, 0.1) is 6.92 Å². The molecule has 2 aromatic carbocycles. The lowest BCUT2D eigenvalue weighted by molar-refractivity contribution is -0.135. The highest BCUT2D eigenvalue weighted by molar-refractivity contribution is 7.16. The number of nitrogens with zero attached hydrogens (tertiary/aromatic N) is 1. The van der Waals surface area contributed by atoms with Crippen molar-refractivity contribution in [3.63, 3.8) is 0 Å². The van der Waals surface area contributed by atoms with E-state index in [1.54, 1.807) is 18.2 Å². The van der Waals surface area contributed by atoms with Gasteiger partial charge in [0.1, 0.15) is 6.54 Å². The van der Waals surface area contributed by atoms with Crippen molar-refractivity contribution in [2.45, 2.75) is 6.92 Å². The number of amides is 1. The summed E-state index contributed by atoms with van der Waals surface area (Å²) in [6.07, 6.45) is 0. The zero-order valence-corrected chi connectivity index (χ0v) is 14.8. The van der Waals surface area contributed by atoms with Crippen LogP contribution in [0.2, 0.25) is 0 Å². The molecule has 0 atom stereocenters. The summed E-state index contributed by atoms with van der Waals surface area (Å²) in [7, 11) is 0. The van der Waals surface area contributed by atoms with Crippen molar-refractivity contribution in [1.82, 2.24) is 10.3 Å². The van der Waals surface area contributed by atoms with Gasteiger partial charge in [0.15, 0.2) is 5.13 Å². The Balaban J connectivity index is 1.77. The maximum atomic E-state index is 12.0. The fourth-order valence-corrected chi connectivity index (χ4v) is 3.29. The molecule has 132 valence electrons. The van der Waals surface area contributed by atoms with E-state index in [0.29, 0.717) is 11.3 Å². The third-order valence-electron chi connectivity index (χ3n) is 3.62. The molecule has 26 heavy (non-hydrogen) atoms. The molecule has 1 heterocycles. The molecule has 1 amide bonds. The van der Waals surface area contributed by atoms with Gasteiger partial charge >= 0.3 is 5.97 Å². The van der Waals surface area contributed by atoms with Crippen LogP contribution in [-0.4, -0.2) is 28.5 Å². The van der Waals surface area contributed by atoms with E-state index in [1.165, 1.54) is 11.3 Å². The molecule has 0 bridgehead atoms. The molecule has 0 spiro atoms. The number of aromatic nitrogens is 1. The van der Waals surface area contributed by atoms with Crippen LogP contribution in [-0.2, 0) is 4.79 Å². The van der Waals surface area contributed by atoms with E-state index >= 15 is 0 Å². The summed E-state index contributed by atoms with van der Waals surface area (Å²) in [5, 5.41) is 14.9. The van der Waals surface area contributed by atoms with Gasteiger partial charge in [-0.3, -0.25) is 9.59 Å². The predicted octanol–water partition coefficient (Wildman–Crippen LogP) is 3.68. The molecule has 3 rings (SSSR count). The quantitative estimate of drug-likeness (QED) is 0.618. The lowest BCUT2D eigenvalue weighted by Gasteiger charge is -2.06. The second-order valence-corrected chi connectivity index (χ2v) is 6.78. The van der Waals surface area contributed by atoms with Gasteiger partial charge in [-0.1, -0.05) is 36.4 Å². The smallest absolute Gasteiger partial charge is 0.322 e. The van der Waals surface area contributed by atoms with Gasteiger partial charge in [0, 0.05) is 21.7 Å². The van der Waals surface area contributed by atoms with Crippen LogP contribution < -0.4 is 10.6 Å². The number of hydrogen-bond acceptors (Lipinski definition) is 5. The first kappa shape index (κ1) is 17.6. The number of carboxylic acid groups (broad SMARTS) is 1. The molecule has 7 heteroatoms. The summed E-state index contributed by atoms with van der Waals surface area (Å²) >= 11 is 1.53. The molecule has 0 unspecified atom stereocenters. The number of carbonyl (C=O) groups is 2. The molecule has 6 nitrogen and oxygen atoms in total. The Kier molecular flexibility index (Phi) is 5.28. The standard InChI is InChI=1S/C19H17N3O3S/c1-12-17(13-6-3-2-4-7-13)22-19(26-12)21-15-9-5-8-14(10-15)18(25)20-11-16(23)24/h2-10H,11H2,1H3,(H,20,25)(H,21,22)(H,23,24). The first-order valence-corrected chi connectivity index (χ1v) is 8.74. The molecule has 3 aromatic rings. The number of hydrogen-bond donors (Lipinski definition) is 3. The second kappa shape index (κ2) is 7.79. The molecule has 0 fully saturated rings. The van der Waals surface area contributed by atoms with E-state index in [9.17, 15) is 9.59 Å². The van der Waals surface area contributed by atoms with Crippen LogP contribution >= 0.6 is 11.3 Å². The first-order valence-electron chi connectivity index (χ1n) is 7.93. The van der Waals surface area contributed by atoms with Crippen molar-refractivity contribution in [3.05, 3.63) is 65.0 Å². The third-order valence-corrected chi connectivity index (χ3v) is 4.51. The van der Waals surface area contributed by atoms with E-state index < -0.39 is 18.4 Å². The number of carboxylic acids is 1. The van der Waals surface area contributed by atoms with Crippen LogP contribution in [0.4, 0.5) is 10.8 Å². The number of aliphatic carboxylic acids is 1. The summed E-state index contributed by atoms with van der Waals surface area (Å²) in [5.74, 6) is -1.52. The number of carbonyl (C=O) groups excluding carboxylic acids is 1. The molecule has 0 saturated heterocycles. The Morgan fingerprint density at radius 1 is 1.12 bits per heavy atom. The van der Waals surface area contributed by atoms with Crippen LogP contribution in [0.15, 0.2) is 54.6 Å². The second-order valence-electron chi connectivity index (χ2n) is 5.57. The highest BCUT2D eigenvalue weighted by Gasteiger charge is 2.11. The Morgan fingerprint density at radius 2 is 1.88 bits per heavy atom. The molecule has 0 saturated carbocycles. The number of aryl methyl sites for hydroxylation is 1. The van der Waals surface area contributed by atoms with E-state index in [1.807, 2.05) is 43.3 Å². The lowest BCUT2D eigenvalue weighted by Crippen LogP contribution is -2.29. The van der Waals surface area contributed by atoms with Gasteiger partial charge in [0.05, 0.1) is 5.69 Å². The minimum absolute atomic E-state index is 0.382. The van der Waals surface area contributed by atoms with Gasteiger partial charge in [0.25, 0.3) is 5.91 Å². The fraction of sp³-hybridized carbons (Fsp3) is 0.105. The highest BCUT2D eigenvalue weighted by atomic mass is 32.1. The topological polar surface area (TPSA) is 91.3 Å². The third kappa shape index (κ3) is 4.25. The van der Waals surface area contributed by atoms with E-state index in [4.69, 9.17) is 5.11 Å². The van der Waals surface area contributed by atoms with Crippen LogP contribution in [0.5, 0.6) is 0 Å². The maximum Gasteiger partial charge on any atom is 0.322 e. The molecule has 1 aromatic heterocycles. The highest BCUT2D eigenvalue weighted by Crippen LogP contribution is 2.31. The van der Waals surface area contributed by atoms with Crippen LogP contribution in [0.3, 0.4) is 0 Å². The SMILES string of the molecule is Cc1sc(Nc2cccc(C(=O)NCC(=O)O)c2)nc1-c1ccccc1. The zero-order chi connectivity index (χ0) is 18.5. The predicted molar refractivity (Wildman–Crippen MR) is 102 cm³/mol. The fourth-order valence-electron chi connectivity index (χ4n) is 2.43. The van der Waals surface area contributed by atoms with Crippen LogP contribution in [0.1, 0.15) is 15.2 Å². The van der Waals surface area contributed by atoms with Crippen molar-refractivity contribution in [3.8, 4) is 11.3 Å². The minimum Gasteiger partial charge on any atom is -0.480 e. The number of benzene rings is 2. The van der Waals surface area contributed by atoms with E-state index in [2.05, 4.69) is 15.6 Å². The average Bonchev–Trinajstić information content (AvgIpc) is 3.00. The maximum absolute atomic E-state index is 12.0. The molecular weight excluding hydrogens is 350 g/mol. The molecule has 0 aliphatic carbocycles. The zero-order valence-electron chi connectivity index (χ0n) is 14.0. The number of rotatable bonds is 6. The van der Waals surface area contributed by atoms with Gasteiger partial charge in [-0.05, 0) is 25.1 Å². The molecule has 0 aliphatic heterocycles. The average molecular weight is 367 g/mol. The molecular formula is C19H17N3O3S. The Labute approximate surface area is 154 Å². The van der Waals surface area contributed by atoms with Crippen molar-refractivity contribution < 1.29 is 14.7 Å². The summed E-state index contributed by atoms with van der Waals surface area (Å²) < 4.78 is 0. The van der Waals surface area contributed by atoms with E-state index in [0.717, 1.165) is 21.3 Å². The van der Waals surface area contributed by atoms with Crippen molar-refractivity contribution in [2.75, 3.05) is 11.9 Å². The molecule has 0 radical (unpaired) electrons. The van der Waals surface area contributed by atoms with Gasteiger partial charge in [-0.2, -0.15) is 0 Å².